The fourth-order valence-electron chi connectivity index (χ4n) is 3.85. The predicted molar refractivity (Wildman–Crippen MR) is 164 cm³/mol. The highest BCUT2D eigenvalue weighted by Crippen LogP contribution is 2.37. The zero-order valence-corrected chi connectivity index (χ0v) is 23.6. The molecule has 3 aromatic rings. The molecule has 3 N–H and O–H groups in total. The molecular formula is C30H33N5OS2. The second kappa shape index (κ2) is 13.3. The molecule has 3 aromatic carbocycles. The van der Waals surface area contributed by atoms with Gasteiger partial charge in [0.25, 0.3) is 5.91 Å². The van der Waals surface area contributed by atoms with E-state index in [-0.39, 0.29) is 5.91 Å². The fourth-order valence-corrected chi connectivity index (χ4v) is 5.75. The fraction of sp³-hybridized carbons (Fsp3) is 0.200. The van der Waals surface area contributed by atoms with Gasteiger partial charge in [0, 0.05) is 38.4 Å². The Balaban J connectivity index is 1.62. The van der Waals surface area contributed by atoms with Crippen LogP contribution in [0, 0.1) is 0 Å². The molecule has 8 heteroatoms. The number of hydrogen-bond donors (Lipinski definition) is 2. The molecule has 1 aliphatic heterocycles. The first kappa shape index (κ1) is 27.4. The monoisotopic (exact) mass is 543 g/mol. The van der Waals surface area contributed by atoms with Crippen LogP contribution in [0.15, 0.2) is 105 Å². The van der Waals surface area contributed by atoms with E-state index in [0.717, 1.165) is 24.2 Å². The van der Waals surface area contributed by atoms with Crippen molar-refractivity contribution in [3.05, 3.63) is 111 Å². The van der Waals surface area contributed by atoms with Crippen LogP contribution in [0.5, 0.6) is 0 Å². The topological polar surface area (TPSA) is 74.0 Å². The van der Waals surface area contributed by atoms with Crippen LogP contribution >= 0.6 is 23.5 Å². The van der Waals surface area contributed by atoms with Gasteiger partial charge in [-0.2, -0.15) is 0 Å². The van der Waals surface area contributed by atoms with Crippen molar-refractivity contribution in [2.75, 3.05) is 31.7 Å². The van der Waals surface area contributed by atoms with Gasteiger partial charge in [-0.05, 0) is 58.8 Å². The number of anilines is 2. The molecule has 0 spiro atoms. The number of nitrogens with two attached hydrogens (primary N) is 1. The summed E-state index contributed by atoms with van der Waals surface area (Å²) < 4.78 is 0. The highest BCUT2D eigenvalue weighted by atomic mass is 32.2. The summed E-state index contributed by atoms with van der Waals surface area (Å²) in [6.07, 6.45) is 0.820. The third kappa shape index (κ3) is 7.24. The summed E-state index contributed by atoms with van der Waals surface area (Å²) in [5.41, 5.74) is 11.7. The maximum absolute atomic E-state index is 13.6. The maximum Gasteiger partial charge on any atom is 0.267 e. The van der Waals surface area contributed by atoms with Crippen LogP contribution in [0.25, 0.3) is 0 Å². The molecule has 4 rings (SSSR count). The molecular weight excluding hydrogens is 510 g/mol. The Morgan fingerprint density at radius 1 is 1.05 bits per heavy atom. The van der Waals surface area contributed by atoms with E-state index in [0.29, 0.717) is 28.0 Å². The molecule has 0 unspecified atom stereocenters. The lowest BCUT2D eigenvalue weighted by Crippen LogP contribution is -2.28. The van der Waals surface area contributed by atoms with Gasteiger partial charge in [-0.3, -0.25) is 9.69 Å². The van der Waals surface area contributed by atoms with E-state index in [4.69, 9.17) is 10.7 Å². The third-order valence-electron chi connectivity index (χ3n) is 5.86. The first-order valence-corrected chi connectivity index (χ1v) is 14.2. The molecule has 0 radical (unpaired) electrons. The number of nitrogen functional groups attached to an aromatic ring is 1. The summed E-state index contributed by atoms with van der Waals surface area (Å²) in [6.45, 7) is 3.24. The molecule has 38 heavy (non-hydrogen) atoms. The number of allylic oxidation sites excluding steroid dienone is 1. The number of aliphatic imine (C=N–C) groups is 1. The number of thioether (sulfide) groups is 2. The average Bonchev–Trinajstić information content (AvgIpc) is 3.20. The minimum atomic E-state index is -0.0538. The Bertz CT molecular complexity index is 1340. The molecule has 0 saturated carbocycles. The number of amides is 1. The summed E-state index contributed by atoms with van der Waals surface area (Å²) in [5, 5.41) is 8.00. The standard InChI is InChI=1S/C30H33N5OS2/c1-4-32-26-16-15-24(31)18-27(26)33-30-35(19-23-13-9-6-10-14-23)29(36)28(38-30)21-37-20-25(34(2)3)17-22-11-7-5-8-12-22/h5-16,18,20-21,32H,4,17,19,31H2,1-3H3/b25-20-,28-21-,33-30?. The average molecular weight is 544 g/mol. The highest BCUT2D eigenvalue weighted by molar-refractivity contribution is 8.19. The molecule has 1 heterocycles. The first-order chi connectivity index (χ1) is 18.4. The Kier molecular flexibility index (Phi) is 9.56. The molecule has 0 bridgehead atoms. The normalized spacial score (nSPS) is 15.9. The number of rotatable bonds is 10. The predicted octanol–water partition coefficient (Wildman–Crippen LogP) is 6.68. The van der Waals surface area contributed by atoms with Crippen LogP contribution < -0.4 is 11.1 Å². The Morgan fingerprint density at radius 3 is 2.39 bits per heavy atom. The van der Waals surface area contributed by atoms with Gasteiger partial charge in [0.15, 0.2) is 5.17 Å². The number of nitrogens with one attached hydrogen (secondary N) is 1. The Hall–Kier alpha value is -3.62. The van der Waals surface area contributed by atoms with Gasteiger partial charge in [-0.15, -0.1) is 11.8 Å². The minimum absolute atomic E-state index is 0.0538. The summed E-state index contributed by atoms with van der Waals surface area (Å²) in [7, 11) is 4.08. The summed E-state index contributed by atoms with van der Waals surface area (Å²) in [4.78, 5) is 23.0. The molecule has 6 nitrogen and oxygen atoms in total. The molecule has 1 fully saturated rings. The number of likely N-dealkylation sites (N-methyl/N-ethyl adjacent to an activating group) is 1. The zero-order chi connectivity index (χ0) is 26.9. The largest absolute Gasteiger partial charge is 0.399 e. The maximum atomic E-state index is 13.6. The molecule has 1 saturated heterocycles. The van der Waals surface area contributed by atoms with Gasteiger partial charge in [0.2, 0.25) is 0 Å². The molecule has 0 aromatic heterocycles. The number of hydrogen-bond acceptors (Lipinski definition) is 7. The van der Waals surface area contributed by atoms with Crippen molar-refractivity contribution in [1.82, 2.24) is 9.80 Å². The molecule has 0 aliphatic carbocycles. The molecule has 0 atom stereocenters. The van der Waals surface area contributed by atoms with Gasteiger partial charge >= 0.3 is 0 Å². The smallest absolute Gasteiger partial charge is 0.267 e. The van der Waals surface area contributed by atoms with Crippen molar-refractivity contribution in [3.63, 3.8) is 0 Å². The van der Waals surface area contributed by atoms with Gasteiger partial charge in [0.1, 0.15) is 0 Å². The van der Waals surface area contributed by atoms with Gasteiger partial charge in [-0.1, -0.05) is 60.7 Å². The van der Waals surface area contributed by atoms with Crippen molar-refractivity contribution in [2.24, 2.45) is 4.99 Å². The van der Waals surface area contributed by atoms with Gasteiger partial charge < -0.3 is 16.0 Å². The number of nitrogens with zero attached hydrogens (tertiary/aromatic N) is 3. The lowest BCUT2D eigenvalue weighted by atomic mass is 10.1. The third-order valence-corrected chi connectivity index (χ3v) is 7.79. The van der Waals surface area contributed by atoms with E-state index in [1.165, 1.54) is 34.8 Å². The van der Waals surface area contributed by atoms with Crippen molar-refractivity contribution < 1.29 is 4.79 Å². The number of carbonyl (C=O) groups excluding carboxylic acids is 1. The lowest BCUT2D eigenvalue weighted by molar-refractivity contribution is -0.122. The Morgan fingerprint density at radius 2 is 1.74 bits per heavy atom. The SMILES string of the molecule is CCNc1ccc(N)cc1N=C1S/C(=C\S/C=C(/Cc2ccccc2)N(C)C)C(=O)N1Cc1ccccc1. The van der Waals surface area contributed by atoms with E-state index in [1.807, 2.05) is 81.0 Å². The number of benzene rings is 3. The number of amidine groups is 1. The minimum Gasteiger partial charge on any atom is -0.399 e. The van der Waals surface area contributed by atoms with Crippen LogP contribution in [-0.2, 0) is 17.8 Å². The van der Waals surface area contributed by atoms with Crippen molar-refractivity contribution in [3.8, 4) is 0 Å². The molecule has 196 valence electrons. The van der Waals surface area contributed by atoms with E-state index in [2.05, 4.69) is 39.9 Å². The zero-order valence-electron chi connectivity index (χ0n) is 21.9. The summed E-state index contributed by atoms with van der Waals surface area (Å²) in [5.74, 6) is -0.0538. The van der Waals surface area contributed by atoms with E-state index < -0.39 is 0 Å². The summed E-state index contributed by atoms with van der Waals surface area (Å²) >= 11 is 2.91. The van der Waals surface area contributed by atoms with E-state index in [1.54, 1.807) is 4.90 Å². The first-order valence-electron chi connectivity index (χ1n) is 12.5. The van der Waals surface area contributed by atoms with Crippen molar-refractivity contribution in [1.29, 1.82) is 0 Å². The van der Waals surface area contributed by atoms with Crippen LogP contribution in [0.2, 0.25) is 0 Å². The van der Waals surface area contributed by atoms with Gasteiger partial charge in [0.05, 0.1) is 22.8 Å². The van der Waals surface area contributed by atoms with Crippen LogP contribution in [0.4, 0.5) is 17.1 Å². The van der Waals surface area contributed by atoms with Crippen molar-refractivity contribution >= 4 is 51.7 Å². The van der Waals surface area contributed by atoms with E-state index in [9.17, 15) is 4.79 Å². The lowest BCUT2D eigenvalue weighted by Gasteiger charge is -2.17. The van der Waals surface area contributed by atoms with Crippen molar-refractivity contribution in [2.45, 2.75) is 19.9 Å². The molecule has 1 amide bonds. The quantitative estimate of drug-likeness (QED) is 0.219. The second-order valence-electron chi connectivity index (χ2n) is 8.96. The Labute approximate surface area is 233 Å². The van der Waals surface area contributed by atoms with Crippen LogP contribution in [0.3, 0.4) is 0 Å². The van der Waals surface area contributed by atoms with Crippen LogP contribution in [0.1, 0.15) is 18.1 Å². The highest BCUT2D eigenvalue weighted by Gasteiger charge is 2.33. The summed E-state index contributed by atoms with van der Waals surface area (Å²) in [6, 6.07) is 26.0. The second-order valence-corrected chi connectivity index (χ2v) is 10.7. The molecule has 1 aliphatic rings. The van der Waals surface area contributed by atoms with E-state index >= 15 is 0 Å². The number of carbonyl (C=O) groups is 1. The van der Waals surface area contributed by atoms with Crippen LogP contribution in [-0.4, -0.2) is 41.5 Å². The van der Waals surface area contributed by atoms with Gasteiger partial charge in [-0.25, -0.2) is 4.99 Å².